The number of rotatable bonds is 3. The van der Waals surface area contributed by atoms with Crippen LogP contribution in [0.15, 0.2) is 18.2 Å². The van der Waals surface area contributed by atoms with E-state index < -0.39 is 0 Å². The van der Waals surface area contributed by atoms with Gasteiger partial charge in [0.15, 0.2) is 0 Å². The van der Waals surface area contributed by atoms with Crippen LogP contribution in [0.1, 0.15) is 42.4 Å². The number of hydrogen-bond donors (Lipinski definition) is 0. The van der Waals surface area contributed by atoms with Gasteiger partial charge in [-0.2, -0.15) is 0 Å². The Morgan fingerprint density at radius 1 is 1.22 bits per heavy atom. The molecule has 3 atom stereocenters. The van der Waals surface area contributed by atoms with E-state index >= 15 is 0 Å². The molecule has 1 aromatic rings. The maximum atomic E-state index is 3.84. The zero-order chi connectivity index (χ0) is 12.8. The van der Waals surface area contributed by atoms with Crippen LogP contribution in [-0.4, -0.2) is 5.33 Å². The Morgan fingerprint density at radius 2 is 1.94 bits per heavy atom. The van der Waals surface area contributed by atoms with Crippen molar-refractivity contribution in [3.63, 3.8) is 0 Å². The monoisotopic (exact) mass is 306 g/mol. The number of aryl methyl sites for hydroxylation is 2. The first-order chi connectivity index (χ1) is 8.64. The van der Waals surface area contributed by atoms with Crippen molar-refractivity contribution < 1.29 is 0 Å². The minimum absolute atomic E-state index is 0.555. The summed E-state index contributed by atoms with van der Waals surface area (Å²) in [7, 11) is 0. The average Bonchev–Trinajstić information content (AvgIpc) is 2.95. The molecule has 2 aliphatic carbocycles. The highest BCUT2D eigenvalue weighted by atomic mass is 79.9. The number of alkyl halides is 1. The maximum Gasteiger partial charge on any atom is 0.00939 e. The molecular weight excluding hydrogens is 284 g/mol. The Hall–Kier alpha value is -0.300. The summed E-state index contributed by atoms with van der Waals surface area (Å²) in [5, 5.41) is 1.19. The van der Waals surface area contributed by atoms with Gasteiger partial charge in [0.1, 0.15) is 0 Å². The topological polar surface area (TPSA) is 0 Å². The van der Waals surface area contributed by atoms with Crippen molar-refractivity contribution in [1.29, 1.82) is 0 Å². The van der Waals surface area contributed by atoms with E-state index in [1.165, 1.54) is 48.6 Å². The molecule has 0 heterocycles. The first-order valence-corrected chi connectivity index (χ1v) is 8.38. The van der Waals surface area contributed by atoms with Crippen molar-refractivity contribution >= 4 is 15.9 Å². The Bertz CT molecular complexity index is 431. The fraction of sp³-hybridized carbons (Fsp3) is 0.647. The molecule has 2 bridgehead atoms. The van der Waals surface area contributed by atoms with Gasteiger partial charge in [-0.1, -0.05) is 40.5 Å². The summed E-state index contributed by atoms with van der Waals surface area (Å²) in [6, 6.07) is 6.74. The van der Waals surface area contributed by atoms with Crippen molar-refractivity contribution in [3.05, 3.63) is 34.9 Å². The molecule has 2 aliphatic rings. The van der Waals surface area contributed by atoms with E-state index in [9.17, 15) is 0 Å². The van der Waals surface area contributed by atoms with Crippen LogP contribution in [0.5, 0.6) is 0 Å². The average molecular weight is 307 g/mol. The molecule has 0 radical (unpaired) electrons. The van der Waals surface area contributed by atoms with Crippen LogP contribution in [0, 0.1) is 31.1 Å². The molecule has 0 saturated heterocycles. The van der Waals surface area contributed by atoms with Gasteiger partial charge in [0.2, 0.25) is 0 Å². The van der Waals surface area contributed by atoms with Crippen molar-refractivity contribution in [2.75, 3.05) is 5.33 Å². The first-order valence-electron chi connectivity index (χ1n) is 7.26. The summed E-state index contributed by atoms with van der Waals surface area (Å²) in [6.07, 6.45) is 7.21. The quantitative estimate of drug-likeness (QED) is 0.686. The van der Waals surface area contributed by atoms with Gasteiger partial charge in [0.05, 0.1) is 0 Å². The molecule has 0 nitrogen and oxygen atoms in total. The standard InChI is InChI=1S/C17H23Br/c1-12-4-3-5-13(2)16(12)10-17(11-18)9-14-6-7-15(17)8-14/h3-5,14-15H,6-11H2,1-2H3. The van der Waals surface area contributed by atoms with Crippen molar-refractivity contribution in [3.8, 4) is 0 Å². The Morgan fingerprint density at radius 3 is 2.44 bits per heavy atom. The first kappa shape index (κ1) is 12.7. The summed E-state index contributed by atoms with van der Waals surface area (Å²) in [6.45, 7) is 4.55. The zero-order valence-corrected chi connectivity index (χ0v) is 13.1. The molecule has 0 aromatic heterocycles. The predicted octanol–water partition coefficient (Wildman–Crippen LogP) is 5.05. The summed E-state index contributed by atoms with van der Waals surface area (Å²) in [5.74, 6) is 2.00. The lowest BCUT2D eigenvalue weighted by Gasteiger charge is -2.37. The molecule has 0 amide bonds. The van der Waals surface area contributed by atoms with Gasteiger partial charge < -0.3 is 0 Å². The molecule has 1 aromatic carbocycles. The second-order valence-corrected chi connectivity index (χ2v) is 7.18. The normalized spacial score (nSPS) is 34.2. The minimum atomic E-state index is 0.555. The third kappa shape index (κ3) is 1.95. The molecule has 98 valence electrons. The number of fused-ring (bicyclic) bond motifs is 2. The highest BCUT2D eigenvalue weighted by Gasteiger charge is 2.50. The van der Waals surface area contributed by atoms with Crippen LogP contribution in [-0.2, 0) is 6.42 Å². The molecule has 0 spiro atoms. The third-order valence-electron chi connectivity index (χ3n) is 5.54. The lowest BCUT2D eigenvalue weighted by molar-refractivity contribution is 0.196. The van der Waals surface area contributed by atoms with Crippen molar-refractivity contribution in [1.82, 2.24) is 0 Å². The SMILES string of the molecule is Cc1cccc(C)c1CC1(CBr)CC2CCC1C2. The maximum absolute atomic E-state index is 3.84. The van der Waals surface area contributed by atoms with Crippen LogP contribution in [0.2, 0.25) is 0 Å². The molecule has 18 heavy (non-hydrogen) atoms. The van der Waals surface area contributed by atoms with E-state index in [-0.39, 0.29) is 0 Å². The Labute approximate surface area is 119 Å². The fourth-order valence-electron chi connectivity index (χ4n) is 4.47. The Balaban J connectivity index is 1.91. The van der Waals surface area contributed by atoms with Gasteiger partial charge in [-0.25, -0.2) is 0 Å². The fourth-order valence-corrected chi connectivity index (χ4v) is 5.35. The van der Waals surface area contributed by atoms with Crippen LogP contribution < -0.4 is 0 Å². The lowest BCUT2D eigenvalue weighted by Crippen LogP contribution is -2.32. The second kappa shape index (κ2) is 4.67. The molecule has 3 unspecified atom stereocenters. The van der Waals surface area contributed by atoms with Gasteiger partial charge in [-0.05, 0) is 73.5 Å². The van der Waals surface area contributed by atoms with Gasteiger partial charge in [0.25, 0.3) is 0 Å². The van der Waals surface area contributed by atoms with E-state index in [0.717, 1.165) is 11.8 Å². The summed E-state index contributed by atoms with van der Waals surface area (Å²) < 4.78 is 0. The summed E-state index contributed by atoms with van der Waals surface area (Å²) in [4.78, 5) is 0. The van der Waals surface area contributed by atoms with Gasteiger partial charge in [0, 0.05) is 5.33 Å². The smallest absolute Gasteiger partial charge is 0.00939 e. The van der Waals surface area contributed by atoms with Crippen molar-refractivity contribution in [2.24, 2.45) is 17.3 Å². The highest BCUT2D eigenvalue weighted by Crippen LogP contribution is 2.58. The predicted molar refractivity (Wildman–Crippen MR) is 81.3 cm³/mol. The van der Waals surface area contributed by atoms with Crippen molar-refractivity contribution in [2.45, 2.75) is 46.0 Å². The molecule has 0 N–H and O–H groups in total. The van der Waals surface area contributed by atoms with E-state index in [4.69, 9.17) is 0 Å². The zero-order valence-electron chi connectivity index (χ0n) is 11.5. The van der Waals surface area contributed by atoms with Gasteiger partial charge in [-0.3, -0.25) is 0 Å². The number of halogens is 1. The largest absolute Gasteiger partial charge is 0.0922 e. The summed E-state index contributed by atoms with van der Waals surface area (Å²) >= 11 is 3.84. The lowest BCUT2D eigenvalue weighted by atomic mass is 9.70. The van der Waals surface area contributed by atoms with Gasteiger partial charge in [-0.15, -0.1) is 0 Å². The second-order valence-electron chi connectivity index (χ2n) is 6.62. The van der Waals surface area contributed by atoms with Crippen LogP contribution in [0.25, 0.3) is 0 Å². The Kier molecular flexibility index (Phi) is 3.30. The third-order valence-corrected chi connectivity index (χ3v) is 6.66. The van der Waals surface area contributed by atoms with Gasteiger partial charge >= 0.3 is 0 Å². The molecule has 3 rings (SSSR count). The highest BCUT2D eigenvalue weighted by molar-refractivity contribution is 9.09. The summed E-state index contributed by atoms with van der Waals surface area (Å²) in [5.41, 5.74) is 5.14. The van der Waals surface area contributed by atoms with E-state index in [0.29, 0.717) is 5.41 Å². The molecule has 1 heteroatoms. The number of hydrogen-bond acceptors (Lipinski definition) is 0. The molecule has 2 saturated carbocycles. The molecular formula is C17H23Br. The van der Waals surface area contributed by atoms with Crippen LogP contribution in [0.3, 0.4) is 0 Å². The minimum Gasteiger partial charge on any atom is -0.0922 e. The van der Waals surface area contributed by atoms with Crippen LogP contribution >= 0.6 is 15.9 Å². The molecule has 2 fully saturated rings. The van der Waals surface area contributed by atoms with E-state index in [2.05, 4.69) is 48.0 Å². The molecule has 0 aliphatic heterocycles. The van der Waals surface area contributed by atoms with E-state index in [1.807, 2.05) is 0 Å². The number of benzene rings is 1. The van der Waals surface area contributed by atoms with Crippen LogP contribution in [0.4, 0.5) is 0 Å². The van der Waals surface area contributed by atoms with E-state index in [1.54, 1.807) is 5.56 Å².